The number of pyridine rings is 1. The van der Waals surface area contributed by atoms with E-state index in [9.17, 15) is 8.78 Å². The molecule has 0 amide bonds. The quantitative estimate of drug-likeness (QED) is 0.509. The average molecular weight is 453 g/mol. The van der Waals surface area contributed by atoms with E-state index in [-0.39, 0.29) is 24.3 Å². The molecule has 3 aromatic rings. The van der Waals surface area contributed by atoms with Crippen molar-refractivity contribution >= 4 is 22.7 Å². The third kappa shape index (κ3) is 5.05. The number of fused-ring (bicyclic) bond motifs is 1. The first kappa shape index (κ1) is 22.9. The molecule has 3 heterocycles. The summed E-state index contributed by atoms with van der Waals surface area (Å²) >= 11 is 0. The summed E-state index contributed by atoms with van der Waals surface area (Å²) in [5.74, 6) is -1.99. The number of alkyl halides is 2. The van der Waals surface area contributed by atoms with Gasteiger partial charge in [-0.3, -0.25) is 0 Å². The van der Waals surface area contributed by atoms with Gasteiger partial charge in [0.05, 0.1) is 17.4 Å². The molecule has 0 unspecified atom stereocenters. The Bertz CT molecular complexity index is 1210. The number of rotatable bonds is 7. The zero-order valence-corrected chi connectivity index (χ0v) is 19.5. The fourth-order valence-electron chi connectivity index (χ4n) is 3.84. The van der Waals surface area contributed by atoms with Gasteiger partial charge in [0.25, 0.3) is 5.92 Å². The molecule has 0 aromatic carbocycles. The summed E-state index contributed by atoms with van der Waals surface area (Å²) in [6.45, 7) is 17.5. The molecular weight excluding hydrogens is 422 g/mol. The van der Waals surface area contributed by atoms with Crippen LogP contribution in [0.25, 0.3) is 16.8 Å². The molecule has 4 rings (SSSR count). The predicted octanol–water partition coefficient (Wildman–Crippen LogP) is 5.31. The monoisotopic (exact) mass is 452 g/mol. The molecule has 1 aliphatic carbocycles. The van der Waals surface area contributed by atoms with Crippen molar-refractivity contribution in [1.29, 1.82) is 0 Å². The minimum atomic E-state index is -2.58. The van der Waals surface area contributed by atoms with E-state index in [1.807, 2.05) is 25.3 Å². The SMILES string of the molecule is C=C(c1ccn2ncc(C(=C)NC3CC(F)(F)C3)c2c1)c1cnc(NCC(C)(C)C)nc1C. The van der Waals surface area contributed by atoms with Crippen LogP contribution in [0, 0.1) is 12.3 Å². The van der Waals surface area contributed by atoms with E-state index >= 15 is 0 Å². The Kier molecular flexibility index (Phi) is 5.72. The van der Waals surface area contributed by atoms with Gasteiger partial charge in [0, 0.05) is 54.6 Å². The molecule has 33 heavy (non-hydrogen) atoms. The van der Waals surface area contributed by atoms with Crippen LogP contribution in [0.3, 0.4) is 0 Å². The van der Waals surface area contributed by atoms with Crippen LogP contribution in [-0.4, -0.2) is 38.1 Å². The molecule has 0 bridgehead atoms. The fraction of sp³-hybridized carbons (Fsp3) is 0.400. The second-order valence-corrected chi connectivity index (χ2v) is 9.97. The highest BCUT2D eigenvalue weighted by Crippen LogP contribution is 2.38. The number of halogens is 2. The molecule has 0 atom stereocenters. The van der Waals surface area contributed by atoms with Crippen LogP contribution in [0.4, 0.5) is 14.7 Å². The summed E-state index contributed by atoms with van der Waals surface area (Å²) in [5.41, 5.74) is 5.68. The molecule has 0 saturated heterocycles. The van der Waals surface area contributed by atoms with Crippen molar-refractivity contribution in [2.45, 2.75) is 52.5 Å². The number of nitrogens with zero attached hydrogens (tertiary/aromatic N) is 4. The van der Waals surface area contributed by atoms with Gasteiger partial charge in [-0.25, -0.2) is 23.3 Å². The maximum absolute atomic E-state index is 13.2. The molecular formula is C25H30F2N6. The first-order valence-electron chi connectivity index (χ1n) is 11.0. The lowest BCUT2D eigenvalue weighted by Crippen LogP contribution is -2.47. The van der Waals surface area contributed by atoms with Crippen molar-refractivity contribution in [2.24, 2.45) is 5.41 Å². The molecule has 3 aromatic heterocycles. The van der Waals surface area contributed by atoms with Crippen molar-refractivity contribution < 1.29 is 8.78 Å². The smallest absolute Gasteiger partial charge is 0.252 e. The van der Waals surface area contributed by atoms with Crippen LogP contribution in [0.1, 0.15) is 56.0 Å². The topological polar surface area (TPSA) is 67.1 Å². The van der Waals surface area contributed by atoms with Gasteiger partial charge in [-0.2, -0.15) is 5.10 Å². The molecule has 1 fully saturated rings. The number of aromatic nitrogens is 4. The lowest BCUT2D eigenvalue weighted by atomic mass is 9.88. The highest BCUT2D eigenvalue weighted by Gasteiger charge is 2.45. The maximum atomic E-state index is 13.2. The third-order valence-corrected chi connectivity index (χ3v) is 5.74. The van der Waals surface area contributed by atoms with E-state index in [0.29, 0.717) is 11.6 Å². The van der Waals surface area contributed by atoms with Crippen molar-refractivity contribution in [3.8, 4) is 0 Å². The van der Waals surface area contributed by atoms with Gasteiger partial charge in [-0.15, -0.1) is 0 Å². The third-order valence-electron chi connectivity index (χ3n) is 5.74. The summed E-state index contributed by atoms with van der Waals surface area (Å²) in [6.07, 6.45) is 4.98. The first-order chi connectivity index (χ1) is 15.4. The van der Waals surface area contributed by atoms with E-state index in [0.717, 1.165) is 40.0 Å². The lowest BCUT2D eigenvalue weighted by Gasteiger charge is -2.36. The number of hydrogen-bond donors (Lipinski definition) is 2. The minimum Gasteiger partial charge on any atom is -0.382 e. The van der Waals surface area contributed by atoms with Gasteiger partial charge in [-0.05, 0) is 35.6 Å². The Balaban J connectivity index is 1.54. The normalized spacial score (nSPS) is 15.8. The second-order valence-electron chi connectivity index (χ2n) is 9.97. The summed E-state index contributed by atoms with van der Waals surface area (Å²) in [7, 11) is 0. The molecule has 0 spiro atoms. The van der Waals surface area contributed by atoms with Crippen LogP contribution in [0.15, 0.2) is 43.9 Å². The lowest BCUT2D eigenvalue weighted by molar-refractivity contribution is -0.0891. The van der Waals surface area contributed by atoms with E-state index in [1.54, 1.807) is 16.9 Å². The number of aryl methyl sites for hydroxylation is 1. The average Bonchev–Trinajstić information content (AvgIpc) is 3.13. The highest BCUT2D eigenvalue weighted by atomic mass is 19.3. The van der Waals surface area contributed by atoms with Crippen molar-refractivity contribution in [3.05, 3.63) is 66.3 Å². The maximum Gasteiger partial charge on any atom is 0.252 e. The number of hydrogen-bond acceptors (Lipinski definition) is 5. The van der Waals surface area contributed by atoms with Gasteiger partial charge in [0.15, 0.2) is 0 Å². The molecule has 8 heteroatoms. The first-order valence-corrected chi connectivity index (χ1v) is 11.0. The van der Waals surface area contributed by atoms with Crippen molar-refractivity contribution in [1.82, 2.24) is 24.9 Å². The van der Waals surface area contributed by atoms with E-state index in [4.69, 9.17) is 0 Å². The van der Waals surface area contributed by atoms with Gasteiger partial charge in [0.2, 0.25) is 5.95 Å². The minimum absolute atomic E-state index is 0.121. The van der Waals surface area contributed by atoms with Crippen LogP contribution < -0.4 is 10.6 Å². The summed E-state index contributed by atoms with van der Waals surface area (Å²) in [4.78, 5) is 9.06. The molecule has 1 aliphatic rings. The van der Waals surface area contributed by atoms with Crippen molar-refractivity contribution in [3.63, 3.8) is 0 Å². The van der Waals surface area contributed by atoms with E-state index < -0.39 is 5.92 Å². The Labute approximate surface area is 192 Å². The van der Waals surface area contributed by atoms with Crippen LogP contribution in [0.5, 0.6) is 0 Å². The second kappa shape index (κ2) is 8.24. The Morgan fingerprint density at radius 1 is 1.21 bits per heavy atom. The molecule has 6 nitrogen and oxygen atoms in total. The van der Waals surface area contributed by atoms with E-state index in [1.165, 1.54) is 0 Å². The van der Waals surface area contributed by atoms with Gasteiger partial charge in [0.1, 0.15) is 0 Å². The molecule has 1 saturated carbocycles. The number of nitrogens with one attached hydrogen (secondary N) is 2. The molecule has 2 N–H and O–H groups in total. The largest absolute Gasteiger partial charge is 0.382 e. The molecule has 0 radical (unpaired) electrons. The van der Waals surface area contributed by atoms with Crippen LogP contribution >= 0.6 is 0 Å². The van der Waals surface area contributed by atoms with Gasteiger partial charge in [-0.1, -0.05) is 33.9 Å². The van der Waals surface area contributed by atoms with Crippen molar-refractivity contribution in [2.75, 3.05) is 11.9 Å². The zero-order chi connectivity index (χ0) is 24.0. The Morgan fingerprint density at radius 2 is 1.94 bits per heavy atom. The molecule has 0 aliphatic heterocycles. The number of anilines is 1. The highest BCUT2D eigenvalue weighted by molar-refractivity contribution is 5.83. The van der Waals surface area contributed by atoms with Gasteiger partial charge < -0.3 is 10.6 Å². The Hall–Kier alpha value is -3.29. The van der Waals surface area contributed by atoms with E-state index in [2.05, 4.69) is 59.6 Å². The van der Waals surface area contributed by atoms with Crippen LogP contribution in [-0.2, 0) is 0 Å². The van der Waals surface area contributed by atoms with Gasteiger partial charge >= 0.3 is 0 Å². The summed E-state index contributed by atoms with van der Waals surface area (Å²) < 4.78 is 28.1. The summed E-state index contributed by atoms with van der Waals surface area (Å²) in [6, 6.07) is 3.63. The predicted molar refractivity (Wildman–Crippen MR) is 128 cm³/mol. The standard InChI is InChI=1S/C25H30F2N6/c1-15(20-12-28-23(32-16(20)2)29-14-24(4,5)6)18-7-8-33-22(9-18)21(13-30-33)17(3)31-19-10-25(26,27)11-19/h7-9,12-13,19,31H,1,3,10-11,14H2,2,4-6H3,(H,28,29,32). The Morgan fingerprint density at radius 3 is 2.58 bits per heavy atom. The molecule has 174 valence electrons. The van der Waals surface area contributed by atoms with Crippen LogP contribution in [0.2, 0.25) is 0 Å². The summed E-state index contributed by atoms with van der Waals surface area (Å²) in [5, 5.41) is 10.7. The zero-order valence-electron chi connectivity index (χ0n) is 19.5. The fourth-order valence-corrected chi connectivity index (χ4v) is 3.84.